The molecule has 96 valence electrons. The number of aliphatic hydroxyl groups is 1. The van der Waals surface area contributed by atoms with Gasteiger partial charge in [0.25, 0.3) is 0 Å². The quantitative estimate of drug-likeness (QED) is 0.803. The van der Waals surface area contributed by atoms with Gasteiger partial charge in [-0.25, -0.2) is 4.98 Å². The highest BCUT2D eigenvalue weighted by atomic mass is 16.3. The Morgan fingerprint density at radius 3 is 2.65 bits per heavy atom. The first-order valence-corrected chi connectivity index (χ1v) is 6.12. The van der Waals surface area contributed by atoms with Gasteiger partial charge in [0.2, 0.25) is 0 Å². The van der Waals surface area contributed by atoms with Gasteiger partial charge in [-0.1, -0.05) is 13.8 Å². The zero-order chi connectivity index (χ0) is 12.7. The second-order valence-corrected chi connectivity index (χ2v) is 5.93. The molecule has 0 aromatic carbocycles. The van der Waals surface area contributed by atoms with Gasteiger partial charge < -0.3 is 10.8 Å². The molecular formula is C12H22N4O. The standard InChI is InChI=1S/C12H22N4O/c1-11(2)4-5-12(7-13,10(11)17)6-9-14-8-15-16(9)3/h8,10,17H,4-7,13H2,1-3H3. The van der Waals surface area contributed by atoms with Crippen molar-refractivity contribution in [3.05, 3.63) is 12.2 Å². The van der Waals surface area contributed by atoms with Gasteiger partial charge >= 0.3 is 0 Å². The number of aromatic nitrogens is 3. The van der Waals surface area contributed by atoms with E-state index in [1.54, 1.807) is 11.0 Å². The molecule has 0 saturated heterocycles. The van der Waals surface area contributed by atoms with Crippen LogP contribution in [0.2, 0.25) is 0 Å². The Bertz CT molecular complexity index is 401. The largest absolute Gasteiger partial charge is 0.392 e. The van der Waals surface area contributed by atoms with Crippen molar-refractivity contribution in [1.29, 1.82) is 0 Å². The van der Waals surface area contributed by atoms with Crippen molar-refractivity contribution in [2.24, 2.45) is 23.6 Å². The van der Waals surface area contributed by atoms with E-state index in [9.17, 15) is 5.11 Å². The molecular weight excluding hydrogens is 216 g/mol. The number of hydrogen-bond acceptors (Lipinski definition) is 4. The molecule has 5 heteroatoms. The van der Waals surface area contributed by atoms with E-state index < -0.39 is 0 Å². The Morgan fingerprint density at radius 1 is 1.53 bits per heavy atom. The molecule has 0 spiro atoms. The average Bonchev–Trinajstić information content (AvgIpc) is 2.77. The third-order valence-corrected chi connectivity index (χ3v) is 4.31. The van der Waals surface area contributed by atoms with Crippen molar-refractivity contribution >= 4 is 0 Å². The van der Waals surface area contributed by atoms with E-state index in [1.165, 1.54) is 0 Å². The number of hydrogen-bond donors (Lipinski definition) is 2. The molecule has 2 unspecified atom stereocenters. The summed E-state index contributed by atoms with van der Waals surface area (Å²) in [4.78, 5) is 4.24. The zero-order valence-corrected chi connectivity index (χ0v) is 10.8. The van der Waals surface area contributed by atoms with Crippen molar-refractivity contribution in [3.63, 3.8) is 0 Å². The Morgan fingerprint density at radius 2 is 2.24 bits per heavy atom. The fraction of sp³-hybridized carbons (Fsp3) is 0.833. The Hall–Kier alpha value is -0.940. The lowest BCUT2D eigenvalue weighted by Crippen LogP contribution is -2.44. The lowest BCUT2D eigenvalue weighted by Gasteiger charge is -2.35. The van der Waals surface area contributed by atoms with Crippen LogP contribution in [0.3, 0.4) is 0 Å². The number of aliphatic hydroxyl groups excluding tert-OH is 1. The Kier molecular flexibility index (Phi) is 2.99. The lowest BCUT2D eigenvalue weighted by molar-refractivity contribution is -0.00592. The highest BCUT2D eigenvalue weighted by Gasteiger charge is 2.51. The second kappa shape index (κ2) is 4.07. The van der Waals surface area contributed by atoms with Gasteiger partial charge in [0.15, 0.2) is 0 Å². The van der Waals surface area contributed by atoms with Crippen LogP contribution in [0.4, 0.5) is 0 Å². The second-order valence-electron chi connectivity index (χ2n) is 5.93. The molecule has 0 bridgehead atoms. The average molecular weight is 238 g/mol. The van der Waals surface area contributed by atoms with Crippen LogP contribution in [0.1, 0.15) is 32.5 Å². The molecule has 17 heavy (non-hydrogen) atoms. The molecule has 1 saturated carbocycles. The van der Waals surface area contributed by atoms with Gasteiger partial charge in [-0.2, -0.15) is 5.10 Å². The summed E-state index contributed by atoms with van der Waals surface area (Å²) in [6.07, 6.45) is 3.82. The predicted molar refractivity (Wildman–Crippen MR) is 65.2 cm³/mol. The monoisotopic (exact) mass is 238 g/mol. The van der Waals surface area contributed by atoms with Crippen LogP contribution in [0.25, 0.3) is 0 Å². The first kappa shape index (κ1) is 12.5. The van der Waals surface area contributed by atoms with Crippen LogP contribution in [0, 0.1) is 10.8 Å². The molecule has 2 rings (SSSR count). The predicted octanol–water partition coefficient (Wildman–Crippen LogP) is 0.484. The van der Waals surface area contributed by atoms with Crippen LogP contribution in [-0.4, -0.2) is 32.5 Å². The first-order valence-electron chi connectivity index (χ1n) is 6.12. The Labute approximate surface area is 102 Å². The van der Waals surface area contributed by atoms with Crippen molar-refractivity contribution in [2.45, 2.75) is 39.2 Å². The van der Waals surface area contributed by atoms with Gasteiger partial charge in [-0.3, -0.25) is 4.68 Å². The summed E-state index contributed by atoms with van der Waals surface area (Å²) in [5.41, 5.74) is 5.63. The minimum Gasteiger partial charge on any atom is -0.392 e. The van der Waals surface area contributed by atoms with E-state index in [2.05, 4.69) is 23.9 Å². The van der Waals surface area contributed by atoms with Crippen LogP contribution < -0.4 is 5.73 Å². The summed E-state index contributed by atoms with van der Waals surface area (Å²) in [6.45, 7) is 4.70. The minimum absolute atomic E-state index is 0.0576. The SMILES string of the molecule is Cn1ncnc1CC1(CN)CCC(C)(C)C1O. The molecule has 3 N–H and O–H groups in total. The van der Waals surface area contributed by atoms with Crippen molar-refractivity contribution in [2.75, 3.05) is 6.54 Å². The number of nitrogens with two attached hydrogens (primary N) is 1. The molecule has 0 amide bonds. The van der Waals surface area contributed by atoms with E-state index in [1.807, 2.05) is 7.05 Å². The fourth-order valence-corrected chi connectivity index (χ4v) is 2.94. The van der Waals surface area contributed by atoms with Gasteiger partial charge in [0.05, 0.1) is 6.10 Å². The summed E-state index contributed by atoms with van der Waals surface area (Å²) in [5, 5.41) is 14.6. The number of aryl methyl sites for hydroxylation is 1. The maximum atomic E-state index is 10.5. The third kappa shape index (κ3) is 1.98. The van der Waals surface area contributed by atoms with E-state index in [0.29, 0.717) is 13.0 Å². The maximum absolute atomic E-state index is 10.5. The van der Waals surface area contributed by atoms with Crippen molar-refractivity contribution < 1.29 is 5.11 Å². The minimum atomic E-state index is -0.378. The van der Waals surface area contributed by atoms with Crippen molar-refractivity contribution in [1.82, 2.24) is 14.8 Å². The molecule has 2 atom stereocenters. The first-order chi connectivity index (χ1) is 7.91. The van der Waals surface area contributed by atoms with Crippen molar-refractivity contribution in [3.8, 4) is 0 Å². The van der Waals surface area contributed by atoms with Gasteiger partial charge in [0.1, 0.15) is 12.2 Å². The van der Waals surface area contributed by atoms with E-state index in [0.717, 1.165) is 18.7 Å². The number of nitrogens with zero attached hydrogens (tertiary/aromatic N) is 3. The summed E-state index contributed by atoms with van der Waals surface area (Å²) < 4.78 is 1.76. The zero-order valence-electron chi connectivity index (χ0n) is 10.8. The topological polar surface area (TPSA) is 77.0 Å². The third-order valence-electron chi connectivity index (χ3n) is 4.31. The lowest BCUT2D eigenvalue weighted by atomic mass is 9.76. The smallest absolute Gasteiger partial charge is 0.138 e. The molecule has 5 nitrogen and oxygen atoms in total. The molecule has 1 aliphatic rings. The summed E-state index contributed by atoms with van der Waals surface area (Å²) in [5.74, 6) is 0.896. The molecule has 1 aromatic heterocycles. The summed E-state index contributed by atoms with van der Waals surface area (Å²) in [7, 11) is 1.87. The molecule has 1 fully saturated rings. The van der Waals surface area contributed by atoms with Gasteiger partial charge in [-0.05, 0) is 18.3 Å². The number of rotatable bonds is 3. The molecule has 1 aliphatic carbocycles. The maximum Gasteiger partial charge on any atom is 0.138 e. The highest BCUT2D eigenvalue weighted by Crippen LogP contribution is 2.50. The van der Waals surface area contributed by atoms with E-state index >= 15 is 0 Å². The van der Waals surface area contributed by atoms with Gasteiger partial charge in [0, 0.05) is 25.4 Å². The Balaban J connectivity index is 2.25. The molecule has 1 heterocycles. The van der Waals surface area contributed by atoms with E-state index in [-0.39, 0.29) is 16.9 Å². The van der Waals surface area contributed by atoms with Crippen LogP contribution in [-0.2, 0) is 13.5 Å². The van der Waals surface area contributed by atoms with Crippen LogP contribution >= 0.6 is 0 Å². The van der Waals surface area contributed by atoms with Crippen LogP contribution in [0.5, 0.6) is 0 Å². The van der Waals surface area contributed by atoms with E-state index in [4.69, 9.17) is 5.73 Å². The normalized spacial score (nSPS) is 31.9. The van der Waals surface area contributed by atoms with Gasteiger partial charge in [-0.15, -0.1) is 0 Å². The highest BCUT2D eigenvalue weighted by molar-refractivity contribution is 5.06. The fourth-order valence-electron chi connectivity index (χ4n) is 2.94. The molecule has 0 aliphatic heterocycles. The summed E-state index contributed by atoms with van der Waals surface area (Å²) >= 11 is 0. The summed E-state index contributed by atoms with van der Waals surface area (Å²) in [6, 6.07) is 0. The molecule has 1 aromatic rings. The molecule has 0 radical (unpaired) electrons. The van der Waals surface area contributed by atoms with Crippen LogP contribution in [0.15, 0.2) is 6.33 Å².